The van der Waals surface area contributed by atoms with Crippen molar-refractivity contribution >= 4 is 0 Å². The number of fused-ring (bicyclic) bond motifs is 1. The fourth-order valence-electron chi connectivity index (χ4n) is 5.12. The molecule has 0 bridgehead atoms. The van der Waals surface area contributed by atoms with Gasteiger partial charge in [-0.1, -0.05) is 20.8 Å². The maximum atomic E-state index is 3.60. The van der Waals surface area contributed by atoms with Crippen molar-refractivity contribution in [2.24, 2.45) is 23.7 Å². The number of nitrogens with one attached hydrogen (secondary N) is 1. The van der Waals surface area contributed by atoms with Crippen LogP contribution >= 0.6 is 0 Å². The summed E-state index contributed by atoms with van der Waals surface area (Å²) in [5, 5.41) is 3.60. The van der Waals surface area contributed by atoms with Crippen LogP contribution in [0.5, 0.6) is 0 Å². The number of nitrogens with zero attached hydrogens (tertiary/aromatic N) is 1. The summed E-state index contributed by atoms with van der Waals surface area (Å²) < 4.78 is 0. The van der Waals surface area contributed by atoms with Gasteiger partial charge in [-0.05, 0) is 62.4 Å². The van der Waals surface area contributed by atoms with Gasteiger partial charge in [0.1, 0.15) is 0 Å². The van der Waals surface area contributed by atoms with Gasteiger partial charge in [0, 0.05) is 18.6 Å². The Morgan fingerprint density at radius 2 is 2.00 bits per heavy atom. The van der Waals surface area contributed by atoms with Crippen LogP contribution in [0.2, 0.25) is 0 Å². The molecule has 1 saturated carbocycles. The summed E-state index contributed by atoms with van der Waals surface area (Å²) in [6.07, 6.45) is 5.70. The third kappa shape index (κ3) is 2.12. The van der Waals surface area contributed by atoms with Gasteiger partial charge in [0.25, 0.3) is 0 Å². The Kier molecular flexibility index (Phi) is 3.68. The summed E-state index contributed by atoms with van der Waals surface area (Å²) in [5.74, 6) is 3.76. The molecule has 2 saturated heterocycles. The molecule has 6 unspecified atom stereocenters. The van der Waals surface area contributed by atoms with Gasteiger partial charge in [-0.3, -0.25) is 4.90 Å². The molecule has 2 heterocycles. The smallest absolute Gasteiger partial charge is 0.0140 e. The van der Waals surface area contributed by atoms with Crippen LogP contribution in [0.25, 0.3) is 0 Å². The van der Waals surface area contributed by atoms with Crippen molar-refractivity contribution in [3.63, 3.8) is 0 Å². The van der Waals surface area contributed by atoms with E-state index in [-0.39, 0.29) is 0 Å². The molecule has 3 aliphatic rings. The first kappa shape index (κ1) is 12.9. The number of hydrogen-bond acceptors (Lipinski definition) is 2. The molecule has 2 aliphatic heterocycles. The minimum absolute atomic E-state index is 0.867. The van der Waals surface area contributed by atoms with E-state index in [1.54, 1.807) is 0 Å². The van der Waals surface area contributed by atoms with Crippen molar-refractivity contribution in [2.75, 3.05) is 19.6 Å². The molecule has 0 aromatic rings. The standard InChI is InChI=1S/C16H30N2/c1-4-15-14-9-17-8-13(14)10-18(15)16-6-5-11(2)7-12(16)3/h11-17H,4-10H2,1-3H3. The molecular formula is C16H30N2. The summed E-state index contributed by atoms with van der Waals surface area (Å²) in [6.45, 7) is 11.3. The van der Waals surface area contributed by atoms with Gasteiger partial charge in [0.05, 0.1) is 0 Å². The minimum atomic E-state index is 0.867. The summed E-state index contributed by atoms with van der Waals surface area (Å²) in [6, 6.07) is 1.75. The van der Waals surface area contributed by atoms with Gasteiger partial charge in [-0.15, -0.1) is 0 Å². The van der Waals surface area contributed by atoms with Crippen LogP contribution in [-0.4, -0.2) is 36.6 Å². The van der Waals surface area contributed by atoms with E-state index in [0.29, 0.717) is 0 Å². The molecule has 1 N–H and O–H groups in total. The number of rotatable bonds is 2. The van der Waals surface area contributed by atoms with Crippen molar-refractivity contribution in [2.45, 2.75) is 58.5 Å². The molecule has 3 rings (SSSR count). The molecular weight excluding hydrogens is 220 g/mol. The van der Waals surface area contributed by atoms with Gasteiger partial charge < -0.3 is 5.32 Å². The second-order valence-electron chi connectivity index (χ2n) is 7.22. The first-order chi connectivity index (χ1) is 8.70. The van der Waals surface area contributed by atoms with Gasteiger partial charge in [-0.25, -0.2) is 0 Å². The lowest BCUT2D eigenvalue weighted by Gasteiger charge is -2.42. The lowest BCUT2D eigenvalue weighted by atomic mass is 9.78. The number of likely N-dealkylation sites (tertiary alicyclic amines) is 1. The summed E-state index contributed by atoms with van der Waals surface area (Å²) >= 11 is 0. The Balaban J connectivity index is 1.71. The SMILES string of the molecule is CCC1C2CNCC2CN1C1CCC(C)CC1C. The highest BCUT2D eigenvalue weighted by molar-refractivity contribution is 5.01. The van der Waals surface area contributed by atoms with E-state index in [2.05, 4.69) is 31.0 Å². The van der Waals surface area contributed by atoms with Crippen molar-refractivity contribution in [3.8, 4) is 0 Å². The second kappa shape index (κ2) is 5.13. The molecule has 0 radical (unpaired) electrons. The van der Waals surface area contributed by atoms with Crippen molar-refractivity contribution < 1.29 is 0 Å². The van der Waals surface area contributed by atoms with Gasteiger partial charge in [0.2, 0.25) is 0 Å². The molecule has 3 fully saturated rings. The van der Waals surface area contributed by atoms with Crippen LogP contribution in [0, 0.1) is 23.7 Å². The van der Waals surface area contributed by atoms with Crippen LogP contribution in [0.4, 0.5) is 0 Å². The lowest BCUT2D eigenvalue weighted by molar-refractivity contribution is 0.0707. The zero-order chi connectivity index (χ0) is 12.7. The van der Waals surface area contributed by atoms with E-state index in [9.17, 15) is 0 Å². The molecule has 2 nitrogen and oxygen atoms in total. The lowest BCUT2D eigenvalue weighted by Crippen LogP contribution is -2.47. The number of hydrogen-bond donors (Lipinski definition) is 1. The first-order valence-electron chi connectivity index (χ1n) is 8.17. The first-order valence-corrected chi connectivity index (χ1v) is 8.17. The van der Waals surface area contributed by atoms with Crippen molar-refractivity contribution in [1.29, 1.82) is 0 Å². The molecule has 6 atom stereocenters. The quantitative estimate of drug-likeness (QED) is 0.811. The van der Waals surface area contributed by atoms with Gasteiger partial charge >= 0.3 is 0 Å². The largest absolute Gasteiger partial charge is 0.316 e. The molecule has 2 heteroatoms. The highest BCUT2D eigenvalue weighted by atomic mass is 15.2. The van der Waals surface area contributed by atoms with Crippen molar-refractivity contribution in [1.82, 2.24) is 10.2 Å². The summed E-state index contributed by atoms with van der Waals surface area (Å²) in [4.78, 5) is 2.92. The van der Waals surface area contributed by atoms with Crippen LogP contribution in [0.1, 0.15) is 46.5 Å². The van der Waals surface area contributed by atoms with E-state index < -0.39 is 0 Å². The zero-order valence-electron chi connectivity index (χ0n) is 12.4. The summed E-state index contributed by atoms with van der Waals surface area (Å²) in [7, 11) is 0. The van der Waals surface area contributed by atoms with E-state index in [1.165, 1.54) is 45.3 Å². The molecule has 0 spiro atoms. The fourth-order valence-corrected chi connectivity index (χ4v) is 5.12. The highest BCUT2D eigenvalue weighted by Crippen LogP contribution is 2.41. The van der Waals surface area contributed by atoms with Gasteiger partial charge in [-0.2, -0.15) is 0 Å². The Morgan fingerprint density at radius 3 is 2.72 bits per heavy atom. The Bertz CT molecular complexity index is 291. The van der Waals surface area contributed by atoms with Crippen LogP contribution in [0.3, 0.4) is 0 Å². The predicted molar refractivity (Wildman–Crippen MR) is 76.6 cm³/mol. The maximum Gasteiger partial charge on any atom is 0.0140 e. The van der Waals surface area contributed by atoms with E-state index in [1.807, 2.05) is 0 Å². The maximum absolute atomic E-state index is 3.60. The molecule has 1 aliphatic carbocycles. The molecule has 0 aromatic carbocycles. The fraction of sp³-hybridized carbons (Fsp3) is 1.00. The minimum Gasteiger partial charge on any atom is -0.316 e. The highest BCUT2D eigenvalue weighted by Gasteiger charge is 2.46. The molecule has 104 valence electrons. The Labute approximate surface area is 113 Å². The summed E-state index contributed by atoms with van der Waals surface area (Å²) in [5.41, 5.74) is 0. The molecule has 0 amide bonds. The molecule has 0 aromatic heterocycles. The third-order valence-corrected chi connectivity index (χ3v) is 5.99. The monoisotopic (exact) mass is 250 g/mol. The average Bonchev–Trinajstić information content (AvgIpc) is 2.88. The van der Waals surface area contributed by atoms with E-state index >= 15 is 0 Å². The second-order valence-corrected chi connectivity index (χ2v) is 7.22. The van der Waals surface area contributed by atoms with E-state index in [4.69, 9.17) is 0 Å². The Morgan fingerprint density at radius 1 is 1.17 bits per heavy atom. The molecule has 18 heavy (non-hydrogen) atoms. The van der Waals surface area contributed by atoms with E-state index in [0.717, 1.165) is 35.8 Å². The normalized spacial score (nSPS) is 49.5. The Hall–Kier alpha value is -0.0800. The predicted octanol–water partition coefficient (Wildman–Crippen LogP) is 2.74. The zero-order valence-corrected chi connectivity index (χ0v) is 12.4. The van der Waals surface area contributed by atoms with Gasteiger partial charge in [0.15, 0.2) is 0 Å². The third-order valence-electron chi connectivity index (χ3n) is 5.99. The topological polar surface area (TPSA) is 15.3 Å². The van der Waals surface area contributed by atoms with Crippen molar-refractivity contribution in [3.05, 3.63) is 0 Å². The van der Waals surface area contributed by atoms with Crippen LogP contribution in [0.15, 0.2) is 0 Å². The van der Waals surface area contributed by atoms with Crippen LogP contribution < -0.4 is 5.32 Å². The average molecular weight is 250 g/mol. The van der Waals surface area contributed by atoms with Crippen LogP contribution in [-0.2, 0) is 0 Å².